The van der Waals surface area contributed by atoms with E-state index >= 15 is 0 Å². The molecule has 3 aromatic rings. The smallest absolute Gasteiger partial charge is 0.212 e. The van der Waals surface area contributed by atoms with Crippen molar-refractivity contribution in [2.24, 2.45) is 5.73 Å². The van der Waals surface area contributed by atoms with Crippen molar-refractivity contribution < 1.29 is 4.74 Å². The molecule has 0 fully saturated rings. The number of nitrogens with two attached hydrogens (primary N) is 1. The van der Waals surface area contributed by atoms with Gasteiger partial charge in [-0.25, -0.2) is 4.52 Å². The molecule has 2 heterocycles. The van der Waals surface area contributed by atoms with Gasteiger partial charge >= 0.3 is 0 Å². The van der Waals surface area contributed by atoms with E-state index in [2.05, 4.69) is 15.5 Å². The van der Waals surface area contributed by atoms with Crippen LogP contribution in [-0.2, 0) is 6.42 Å². The van der Waals surface area contributed by atoms with Crippen molar-refractivity contribution in [3.8, 4) is 17.1 Å². The number of thiazole rings is 1. The molecule has 1 unspecified atom stereocenters. The van der Waals surface area contributed by atoms with Gasteiger partial charge in [0, 0.05) is 23.4 Å². The molecule has 6 heteroatoms. The Balaban J connectivity index is 2.02. The third-order valence-corrected chi connectivity index (χ3v) is 3.87. The molecular weight excluding hydrogens is 272 g/mol. The van der Waals surface area contributed by atoms with Gasteiger partial charge in [-0.15, -0.1) is 16.4 Å². The van der Waals surface area contributed by atoms with Crippen molar-refractivity contribution in [1.82, 2.24) is 14.6 Å². The second-order valence-corrected chi connectivity index (χ2v) is 5.61. The van der Waals surface area contributed by atoms with E-state index in [1.807, 2.05) is 35.7 Å². The maximum Gasteiger partial charge on any atom is 0.212 e. The number of rotatable bonds is 4. The summed E-state index contributed by atoms with van der Waals surface area (Å²) < 4.78 is 7.11. The van der Waals surface area contributed by atoms with Gasteiger partial charge in [0.25, 0.3) is 0 Å². The highest BCUT2D eigenvalue weighted by Crippen LogP contribution is 2.24. The maximum atomic E-state index is 5.86. The van der Waals surface area contributed by atoms with Crippen molar-refractivity contribution in [1.29, 1.82) is 0 Å². The lowest BCUT2D eigenvalue weighted by Gasteiger charge is -2.02. The first-order valence-electron chi connectivity index (χ1n) is 6.40. The van der Waals surface area contributed by atoms with Crippen LogP contribution < -0.4 is 10.5 Å². The summed E-state index contributed by atoms with van der Waals surface area (Å²) >= 11 is 1.58. The summed E-state index contributed by atoms with van der Waals surface area (Å²) in [6, 6.07) is 7.87. The third kappa shape index (κ3) is 2.39. The zero-order valence-electron chi connectivity index (χ0n) is 11.4. The van der Waals surface area contributed by atoms with Gasteiger partial charge in [0.1, 0.15) is 5.75 Å². The molecule has 0 aliphatic heterocycles. The first-order chi connectivity index (χ1) is 9.67. The standard InChI is InChI=1S/C14H16N4OS/c1-9(15)6-11-8-20-14-16-13(17-18(11)14)10-4-3-5-12(7-10)19-2/h3-5,7-9H,6,15H2,1-2H3. The number of hydrogen-bond acceptors (Lipinski definition) is 5. The molecule has 2 aromatic heterocycles. The van der Waals surface area contributed by atoms with Gasteiger partial charge in [0.2, 0.25) is 4.96 Å². The Kier molecular flexibility index (Phi) is 3.42. The minimum absolute atomic E-state index is 0.109. The van der Waals surface area contributed by atoms with Crippen molar-refractivity contribution in [2.75, 3.05) is 7.11 Å². The fourth-order valence-electron chi connectivity index (χ4n) is 2.08. The van der Waals surface area contributed by atoms with E-state index in [0.717, 1.165) is 28.4 Å². The second-order valence-electron chi connectivity index (χ2n) is 4.77. The molecule has 0 saturated carbocycles. The topological polar surface area (TPSA) is 65.4 Å². The van der Waals surface area contributed by atoms with E-state index in [1.165, 1.54) is 0 Å². The minimum atomic E-state index is 0.109. The van der Waals surface area contributed by atoms with Crippen LogP contribution in [0, 0.1) is 0 Å². The number of hydrogen-bond donors (Lipinski definition) is 1. The van der Waals surface area contributed by atoms with Gasteiger partial charge in [0.15, 0.2) is 5.82 Å². The Morgan fingerprint density at radius 1 is 1.45 bits per heavy atom. The quantitative estimate of drug-likeness (QED) is 0.800. The fraction of sp³-hybridized carbons (Fsp3) is 0.286. The van der Waals surface area contributed by atoms with E-state index in [0.29, 0.717) is 5.82 Å². The average molecular weight is 288 g/mol. The van der Waals surface area contributed by atoms with Crippen LogP contribution in [0.1, 0.15) is 12.6 Å². The predicted molar refractivity (Wildman–Crippen MR) is 80.2 cm³/mol. The van der Waals surface area contributed by atoms with Crippen molar-refractivity contribution in [3.05, 3.63) is 35.3 Å². The highest BCUT2D eigenvalue weighted by molar-refractivity contribution is 7.15. The zero-order chi connectivity index (χ0) is 14.1. The van der Waals surface area contributed by atoms with Crippen LogP contribution in [0.25, 0.3) is 16.3 Å². The fourth-order valence-corrected chi connectivity index (χ4v) is 2.92. The average Bonchev–Trinajstić information content (AvgIpc) is 3.00. The van der Waals surface area contributed by atoms with Crippen LogP contribution in [0.4, 0.5) is 0 Å². The van der Waals surface area contributed by atoms with E-state index in [-0.39, 0.29) is 6.04 Å². The molecule has 5 nitrogen and oxygen atoms in total. The Morgan fingerprint density at radius 3 is 3.05 bits per heavy atom. The van der Waals surface area contributed by atoms with Gasteiger partial charge < -0.3 is 10.5 Å². The SMILES string of the molecule is COc1cccc(-c2nc3scc(CC(C)N)n3n2)c1. The van der Waals surface area contributed by atoms with E-state index in [1.54, 1.807) is 18.4 Å². The molecule has 0 spiro atoms. The molecule has 2 N–H and O–H groups in total. The Morgan fingerprint density at radius 2 is 2.30 bits per heavy atom. The van der Waals surface area contributed by atoms with Gasteiger partial charge in [-0.05, 0) is 19.1 Å². The number of methoxy groups -OCH3 is 1. The van der Waals surface area contributed by atoms with E-state index in [4.69, 9.17) is 10.5 Å². The van der Waals surface area contributed by atoms with E-state index in [9.17, 15) is 0 Å². The number of ether oxygens (including phenoxy) is 1. The van der Waals surface area contributed by atoms with Crippen molar-refractivity contribution >= 4 is 16.3 Å². The lowest BCUT2D eigenvalue weighted by atomic mass is 10.2. The lowest BCUT2D eigenvalue weighted by molar-refractivity contribution is 0.415. The molecule has 1 atom stereocenters. The summed E-state index contributed by atoms with van der Waals surface area (Å²) in [5.74, 6) is 1.51. The Hall–Kier alpha value is -1.92. The molecule has 104 valence electrons. The second kappa shape index (κ2) is 5.22. The molecule has 0 saturated heterocycles. The van der Waals surface area contributed by atoms with Gasteiger partial charge in [-0.2, -0.15) is 4.98 Å². The summed E-state index contributed by atoms with van der Waals surface area (Å²) in [7, 11) is 1.65. The molecule has 20 heavy (non-hydrogen) atoms. The zero-order valence-corrected chi connectivity index (χ0v) is 12.2. The number of aromatic nitrogens is 3. The van der Waals surface area contributed by atoms with Crippen molar-refractivity contribution in [2.45, 2.75) is 19.4 Å². The summed E-state index contributed by atoms with van der Waals surface area (Å²) in [4.78, 5) is 5.45. The number of fused-ring (bicyclic) bond motifs is 1. The van der Waals surface area contributed by atoms with Crippen LogP contribution in [0.2, 0.25) is 0 Å². The normalized spacial score (nSPS) is 12.8. The van der Waals surface area contributed by atoms with Gasteiger partial charge in [-0.3, -0.25) is 0 Å². The predicted octanol–water partition coefficient (Wildman–Crippen LogP) is 2.36. The monoisotopic (exact) mass is 288 g/mol. The van der Waals surface area contributed by atoms with Crippen molar-refractivity contribution in [3.63, 3.8) is 0 Å². The van der Waals surface area contributed by atoms with E-state index < -0.39 is 0 Å². The molecule has 0 bridgehead atoms. The molecule has 3 rings (SSSR count). The highest BCUT2D eigenvalue weighted by atomic mass is 32.1. The lowest BCUT2D eigenvalue weighted by Crippen LogP contribution is -2.18. The van der Waals surface area contributed by atoms with Crippen LogP contribution in [0.15, 0.2) is 29.6 Å². The van der Waals surface area contributed by atoms with Crippen LogP contribution in [0.5, 0.6) is 5.75 Å². The summed E-state index contributed by atoms with van der Waals surface area (Å²) in [6.45, 7) is 1.99. The summed E-state index contributed by atoms with van der Waals surface area (Å²) in [5, 5.41) is 6.64. The van der Waals surface area contributed by atoms with Gasteiger partial charge in [0.05, 0.1) is 12.8 Å². The van der Waals surface area contributed by atoms with Crippen LogP contribution in [0.3, 0.4) is 0 Å². The number of benzene rings is 1. The minimum Gasteiger partial charge on any atom is -0.497 e. The molecule has 0 amide bonds. The third-order valence-electron chi connectivity index (χ3n) is 3.01. The maximum absolute atomic E-state index is 5.86. The molecule has 1 aromatic carbocycles. The Labute approximate surface area is 121 Å². The first kappa shape index (κ1) is 13.1. The molecule has 0 aliphatic rings. The summed E-state index contributed by atoms with van der Waals surface area (Å²) in [6.07, 6.45) is 0.793. The van der Waals surface area contributed by atoms with Gasteiger partial charge in [-0.1, -0.05) is 12.1 Å². The van der Waals surface area contributed by atoms with Crippen LogP contribution >= 0.6 is 11.3 Å². The number of nitrogens with zero attached hydrogens (tertiary/aromatic N) is 3. The largest absolute Gasteiger partial charge is 0.497 e. The highest BCUT2D eigenvalue weighted by Gasteiger charge is 2.12. The Bertz CT molecular complexity index is 732. The first-order valence-corrected chi connectivity index (χ1v) is 7.28. The summed E-state index contributed by atoms with van der Waals surface area (Å²) in [5.41, 5.74) is 7.91. The molecule has 0 aliphatic carbocycles. The molecule has 0 radical (unpaired) electrons. The molecular formula is C14H16N4OS. The van der Waals surface area contributed by atoms with Crippen LogP contribution in [-0.4, -0.2) is 27.7 Å².